The summed E-state index contributed by atoms with van der Waals surface area (Å²) in [5.74, 6) is 0. The van der Waals surface area contributed by atoms with Crippen LogP contribution in [0.3, 0.4) is 0 Å². The van der Waals surface area contributed by atoms with Gasteiger partial charge in [-0.15, -0.1) is 0 Å². The molecule has 1 atom stereocenters. The number of aromatic nitrogens is 1. The quantitative estimate of drug-likeness (QED) is 0.663. The largest absolute Gasteiger partial charge is 0.444 e. The molecule has 6 nitrogen and oxygen atoms in total. The molecule has 1 aromatic carbocycles. The number of hydrogen-bond acceptors (Lipinski definition) is 4. The van der Waals surface area contributed by atoms with Crippen LogP contribution in [0.15, 0.2) is 34.8 Å². The molecule has 0 bridgehead atoms. The molecule has 1 unspecified atom stereocenters. The fourth-order valence-electron chi connectivity index (χ4n) is 3.48. The van der Waals surface area contributed by atoms with Gasteiger partial charge in [0.2, 0.25) is 0 Å². The number of ether oxygens (including phenoxy) is 2. The van der Waals surface area contributed by atoms with Gasteiger partial charge >= 0.3 is 6.09 Å². The summed E-state index contributed by atoms with van der Waals surface area (Å²) < 4.78 is 14.6. The Hall–Kier alpha value is -2.30. The smallest absolute Gasteiger partial charge is 0.412 e. The Bertz CT molecular complexity index is 940. The van der Waals surface area contributed by atoms with Gasteiger partial charge in [0.05, 0.1) is 6.61 Å². The number of fused-ring (bicyclic) bond motifs is 1. The molecule has 1 aliphatic rings. The average molecular weight is 460 g/mol. The first-order valence-electron chi connectivity index (χ1n) is 9.64. The summed E-state index contributed by atoms with van der Waals surface area (Å²) in [6.07, 6.45) is 0.511. The van der Waals surface area contributed by atoms with Gasteiger partial charge < -0.3 is 14.0 Å². The lowest BCUT2D eigenvalue weighted by molar-refractivity contribution is -0.0741. The van der Waals surface area contributed by atoms with Crippen molar-refractivity contribution in [3.63, 3.8) is 0 Å². The predicted molar refractivity (Wildman–Crippen MR) is 113 cm³/mol. The lowest BCUT2D eigenvalue weighted by Crippen LogP contribution is -2.44. The van der Waals surface area contributed by atoms with E-state index in [-0.39, 0.29) is 6.09 Å². The number of halogens is 1. The van der Waals surface area contributed by atoms with E-state index < -0.39 is 11.8 Å². The zero-order chi connectivity index (χ0) is 21.2. The first-order chi connectivity index (χ1) is 13.7. The summed E-state index contributed by atoms with van der Waals surface area (Å²) in [6.45, 7) is 6.53. The van der Waals surface area contributed by atoms with Crippen molar-refractivity contribution < 1.29 is 14.3 Å². The second kappa shape index (κ2) is 8.60. The van der Waals surface area contributed by atoms with Gasteiger partial charge in [0.25, 0.3) is 0 Å². The van der Waals surface area contributed by atoms with Gasteiger partial charge in [0.15, 0.2) is 6.23 Å². The van der Waals surface area contributed by atoms with Gasteiger partial charge in [-0.2, -0.15) is 5.26 Å². The van der Waals surface area contributed by atoms with E-state index in [9.17, 15) is 10.1 Å². The third kappa shape index (κ3) is 4.82. The maximum atomic E-state index is 12.8. The molecule has 0 radical (unpaired) electrons. The molecule has 1 aromatic heterocycles. The average Bonchev–Trinajstić information content (AvgIpc) is 2.94. The van der Waals surface area contributed by atoms with E-state index >= 15 is 0 Å². The summed E-state index contributed by atoms with van der Waals surface area (Å²) in [6, 6.07) is 12.0. The number of hydrogen-bond donors (Lipinski definition) is 0. The summed E-state index contributed by atoms with van der Waals surface area (Å²) in [7, 11) is 1.86. The van der Waals surface area contributed by atoms with E-state index in [1.54, 1.807) is 11.0 Å². The molecule has 0 saturated heterocycles. The number of nitrogens with zero attached hydrogens (tertiary/aromatic N) is 3. The Morgan fingerprint density at radius 3 is 2.72 bits per heavy atom. The van der Waals surface area contributed by atoms with E-state index in [0.717, 1.165) is 22.2 Å². The molecule has 0 N–H and O–H groups in total. The van der Waals surface area contributed by atoms with Gasteiger partial charge in [0.1, 0.15) is 17.4 Å². The minimum Gasteiger partial charge on any atom is -0.444 e. The van der Waals surface area contributed by atoms with Crippen LogP contribution < -0.4 is 0 Å². The first-order valence-corrected chi connectivity index (χ1v) is 10.4. The maximum absolute atomic E-state index is 12.8. The van der Waals surface area contributed by atoms with Crippen LogP contribution in [0.4, 0.5) is 4.79 Å². The number of carbonyl (C=O) groups is 1. The lowest BCUT2D eigenvalue weighted by Gasteiger charge is -2.37. The zero-order valence-electron chi connectivity index (χ0n) is 17.2. The number of rotatable bonds is 4. The molecule has 7 heteroatoms. The Balaban J connectivity index is 1.78. The Labute approximate surface area is 180 Å². The van der Waals surface area contributed by atoms with E-state index in [1.165, 1.54) is 5.56 Å². The number of amides is 1. The predicted octanol–water partition coefficient (Wildman–Crippen LogP) is 4.71. The molecule has 0 spiro atoms. The molecule has 1 amide bonds. The molecule has 0 aliphatic carbocycles. The summed E-state index contributed by atoms with van der Waals surface area (Å²) >= 11 is 3.52. The molecule has 154 valence electrons. The minimum atomic E-state index is -0.569. The molecule has 2 heterocycles. The van der Waals surface area contributed by atoms with Crippen LogP contribution in [0.2, 0.25) is 0 Å². The third-order valence-corrected chi connectivity index (χ3v) is 5.58. The first kappa shape index (κ1) is 21.4. The van der Waals surface area contributed by atoms with Crippen LogP contribution in [0.25, 0.3) is 0 Å². The molecule has 29 heavy (non-hydrogen) atoms. The fraction of sp³-hybridized carbons (Fsp3) is 0.455. The highest BCUT2D eigenvalue weighted by atomic mass is 79.9. The van der Waals surface area contributed by atoms with E-state index in [2.05, 4.69) is 28.1 Å². The molecule has 0 fully saturated rings. The monoisotopic (exact) mass is 459 g/mol. The highest BCUT2D eigenvalue weighted by molar-refractivity contribution is 9.10. The zero-order valence-corrected chi connectivity index (χ0v) is 18.8. The highest BCUT2D eigenvalue weighted by Gasteiger charge is 2.34. The standard InChI is InChI=1S/C22H26BrN3O3/c1-22(2,3)29-21(27)26-11-9-15-7-5-6-8-17(15)20(26)28-12-10-19-18(23)13-16(14-24)25(19)4/h5-8,13,20H,9-12H2,1-4H3. The van der Waals surface area contributed by atoms with Crippen LogP contribution in [0, 0.1) is 11.3 Å². The van der Waals surface area contributed by atoms with Crippen molar-refractivity contribution in [1.29, 1.82) is 5.26 Å². The Morgan fingerprint density at radius 1 is 1.34 bits per heavy atom. The second-order valence-electron chi connectivity index (χ2n) is 8.09. The minimum absolute atomic E-state index is 0.371. The highest BCUT2D eigenvalue weighted by Crippen LogP contribution is 2.32. The van der Waals surface area contributed by atoms with Crippen molar-refractivity contribution in [3.05, 3.63) is 57.3 Å². The SMILES string of the molecule is Cn1c(C#N)cc(Br)c1CCOC1c2ccccc2CCN1C(=O)OC(C)(C)C. The molecular weight excluding hydrogens is 434 g/mol. The fourth-order valence-corrected chi connectivity index (χ4v) is 4.16. The van der Waals surface area contributed by atoms with Crippen molar-refractivity contribution in [3.8, 4) is 6.07 Å². The number of carbonyl (C=O) groups excluding carboxylic acids is 1. The number of benzene rings is 1. The molecule has 0 saturated carbocycles. The van der Waals surface area contributed by atoms with Gasteiger partial charge in [0, 0.05) is 35.7 Å². The lowest BCUT2D eigenvalue weighted by atomic mass is 9.98. The second-order valence-corrected chi connectivity index (χ2v) is 8.95. The summed E-state index contributed by atoms with van der Waals surface area (Å²) in [5.41, 5.74) is 3.18. The van der Waals surface area contributed by atoms with Crippen molar-refractivity contribution in [2.24, 2.45) is 7.05 Å². The number of nitriles is 1. The molecule has 3 rings (SSSR count). The third-order valence-electron chi connectivity index (χ3n) is 4.89. The molecule has 2 aromatic rings. The van der Waals surface area contributed by atoms with E-state index in [4.69, 9.17) is 9.47 Å². The molecular formula is C22H26BrN3O3. The van der Waals surface area contributed by atoms with Gasteiger partial charge in [-0.25, -0.2) is 4.79 Å². The Morgan fingerprint density at radius 2 is 2.07 bits per heavy atom. The van der Waals surface area contributed by atoms with Crippen molar-refractivity contribution in [2.45, 2.75) is 45.4 Å². The Kier molecular flexibility index (Phi) is 6.35. The van der Waals surface area contributed by atoms with E-state index in [0.29, 0.717) is 25.3 Å². The topological polar surface area (TPSA) is 67.5 Å². The van der Waals surface area contributed by atoms with Crippen LogP contribution in [-0.2, 0) is 29.4 Å². The van der Waals surface area contributed by atoms with Gasteiger partial charge in [-0.05, 0) is 54.8 Å². The molecule has 1 aliphatic heterocycles. The van der Waals surface area contributed by atoms with Crippen molar-refractivity contribution in [2.75, 3.05) is 13.2 Å². The maximum Gasteiger partial charge on any atom is 0.412 e. The summed E-state index contributed by atoms with van der Waals surface area (Å²) in [5, 5.41) is 9.20. The van der Waals surface area contributed by atoms with Crippen LogP contribution in [0.5, 0.6) is 0 Å². The van der Waals surface area contributed by atoms with E-state index in [1.807, 2.05) is 50.6 Å². The van der Waals surface area contributed by atoms with Crippen molar-refractivity contribution in [1.82, 2.24) is 9.47 Å². The van der Waals surface area contributed by atoms with Crippen LogP contribution in [-0.4, -0.2) is 34.3 Å². The van der Waals surface area contributed by atoms with Crippen LogP contribution in [0.1, 0.15) is 49.5 Å². The normalized spacial score (nSPS) is 16.3. The van der Waals surface area contributed by atoms with Gasteiger partial charge in [-0.1, -0.05) is 24.3 Å². The van der Waals surface area contributed by atoms with Crippen molar-refractivity contribution >= 4 is 22.0 Å². The van der Waals surface area contributed by atoms with Crippen LogP contribution >= 0.6 is 15.9 Å². The summed E-state index contributed by atoms with van der Waals surface area (Å²) in [4.78, 5) is 14.5. The van der Waals surface area contributed by atoms with Gasteiger partial charge in [-0.3, -0.25) is 4.90 Å².